The van der Waals surface area contributed by atoms with Gasteiger partial charge < -0.3 is 30.9 Å². The van der Waals surface area contributed by atoms with Crippen molar-refractivity contribution >= 4 is 17.6 Å². The van der Waals surface area contributed by atoms with Gasteiger partial charge in [0.15, 0.2) is 0 Å². The van der Waals surface area contributed by atoms with Crippen molar-refractivity contribution in [2.45, 2.75) is 38.6 Å². The van der Waals surface area contributed by atoms with Crippen molar-refractivity contribution in [3.8, 4) is 0 Å². The lowest BCUT2D eigenvalue weighted by molar-refractivity contribution is -0.120. The number of aliphatic hydroxyl groups is 2. The highest BCUT2D eigenvalue weighted by molar-refractivity contribution is 5.88. The van der Waals surface area contributed by atoms with Gasteiger partial charge in [-0.25, -0.2) is 4.79 Å². The number of rotatable bonds is 11. The number of carboxylic acid groups (broad SMARTS) is 1. The number of benzene rings is 3. The molecule has 1 unspecified atom stereocenters. The van der Waals surface area contributed by atoms with Gasteiger partial charge in [0.05, 0.1) is 31.2 Å². The van der Waals surface area contributed by atoms with Crippen molar-refractivity contribution in [2.24, 2.45) is 0 Å². The first-order valence-corrected chi connectivity index (χ1v) is 13.9. The summed E-state index contributed by atoms with van der Waals surface area (Å²) in [5, 5.41) is 31.4. The first-order chi connectivity index (χ1) is 19.4. The van der Waals surface area contributed by atoms with Crippen molar-refractivity contribution in [2.75, 3.05) is 44.3 Å². The summed E-state index contributed by atoms with van der Waals surface area (Å²) >= 11 is 0. The van der Waals surface area contributed by atoms with Crippen LogP contribution in [0.1, 0.15) is 57.9 Å². The summed E-state index contributed by atoms with van der Waals surface area (Å²) in [6.45, 7) is 5.53. The van der Waals surface area contributed by atoms with E-state index in [9.17, 15) is 9.59 Å². The van der Waals surface area contributed by atoms with E-state index in [4.69, 9.17) is 15.3 Å². The van der Waals surface area contributed by atoms with Gasteiger partial charge >= 0.3 is 5.97 Å². The molecule has 1 fully saturated rings. The van der Waals surface area contributed by atoms with E-state index in [1.165, 1.54) is 42.6 Å². The van der Waals surface area contributed by atoms with Crippen molar-refractivity contribution < 1.29 is 24.9 Å². The molecule has 0 radical (unpaired) electrons. The molecule has 3 aromatic carbocycles. The quantitative estimate of drug-likeness (QED) is 0.232. The average molecular weight is 548 g/mol. The molecule has 8 nitrogen and oxygen atoms in total. The summed E-state index contributed by atoms with van der Waals surface area (Å²) in [7, 11) is 0. The Kier molecular flexibility index (Phi) is 12.6. The van der Waals surface area contributed by atoms with Gasteiger partial charge in [-0.05, 0) is 55.5 Å². The SMILES string of the molecule is Cc1ccc(C(NC(=O)Cc2ccc(C(=O)O)cc2)c2ccccc2N2CCCCC2)cc1.OCCNCCO. The third kappa shape index (κ3) is 9.48. The summed E-state index contributed by atoms with van der Waals surface area (Å²) in [5.41, 5.74) is 5.48. The van der Waals surface area contributed by atoms with Crippen molar-refractivity contribution in [1.29, 1.82) is 0 Å². The topological polar surface area (TPSA) is 122 Å². The number of hydrogen-bond acceptors (Lipinski definition) is 6. The number of nitrogens with one attached hydrogen (secondary N) is 2. The van der Waals surface area contributed by atoms with E-state index in [0.29, 0.717) is 13.1 Å². The summed E-state index contributed by atoms with van der Waals surface area (Å²) in [6, 6.07) is 22.9. The van der Waals surface area contributed by atoms with Gasteiger partial charge in [-0.15, -0.1) is 0 Å². The number of carbonyl (C=O) groups excluding carboxylic acids is 1. The van der Waals surface area contributed by atoms with Crippen LogP contribution in [0.4, 0.5) is 5.69 Å². The number of aromatic carboxylic acids is 1. The summed E-state index contributed by atoms with van der Waals surface area (Å²) in [6.07, 6.45) is 3.82. The molecule has 5 N–H and O–H groups in total. The predicted molar refractivity (Wildman–Crippen MR) is 158 cm³/mol. The Morgan fingerprint density at radius 2 is 1.48 bits per heavy atom. The van der Waals surface area contributed by atoms with Crippen LogP contribution >= 0.6 is 0 Å². The highest BCUT2D eigenvalue weighted by atomic mass is 16.4. The number of anilines is 1. The van der Waals surface area contributed by atoms with Crippen LogP contribution in [0.5, 0.6) is 0 Å². The van der Waals surface area contributed by atoms with Crippen molar-refractivity contribution in [1.82, 2.24) is 10.6 Å². The molecule has 214 valence electrons. The van der Waals surface area contributed by atoms with Crippen LogP contribution in [0, 0.1) is 6.92 Å². The molecule has 1 saturated heterocycles. The Balaban J connectivity index is 0.000000559. The first-order valence-electron chi connectivity index (χ1n) is 13.9. The monoisotopic (exact) mass is 547 g/mol. The van der Waals surface area contributed by atoms with Gasteiger partial charge in [-0.2, -0.15) is 0 Å². The van der Waals surface area contributed by atoms with Crippen LogP contribution in [0.25, 0.3) is 0 Å². The second-order valence-electron chi connectivity index (χ2n) is 9.89. The predicted octanol–water partition coefficient (Wildman–Crippen LogP) is 3.69. The van der Waals surface area contributed by atoms with E-state index in [0.717, 1.165) is 29.8 Å². The molecule has 1 atom stereocenters. The van der Waals surface area contributed by atoms with Gasteiger partial charge in [0.25, 0.3) is 0 Å². The Morgan fingerprint density at radius 1 is 0.850 bits per heavy atom. The molecule has 0 aromatic heterocycles. The van der Waals surface area contributed by atoms with Gasteiger partial charge in [0.2, 0.25) is 5.91 Å². The summed E-state index contributed by atoms with van der Waals surface area (Å²) in [4.78, 5) is 26.6. The lowest BCUT2D eigenvalue weighted by Gasteiger charge is -2.33. The van der Waals surface area contributed by atoms with E-state index < -0.39 is 5.97 Å². The maximum absolute atomic E-state index is 13.1. The molecule has 40 heavy (non-hydrogen) atoms. The fourth-order valence-electron chi connectivity index (χ4n) is 4.70. The largest absolute Gasteiger partial charge is 0.478 e. The summed E-state index contributed by atoms with van der Waals surface area (Å²) < 4.78 is 0. The Morgan fingerprint density at radius 3 is 2.08 bits per heavy atom. The van der Waals surface area contributed by atoms with Crippen LogP contribution in [-0.2, 0) is 11.2 Å². The van der Waals surface area contributed by atoms with Gasteiger partial charge in [-0.3, -0.25) is 4.79 Å². The molecule has 4 rings (SSSR count). The minimum atomic E-state index is -0.972. The lowest BCUT2D eigenvalue weighted by Crippen LogP contribution is -2.34. The Labute approximate surface area is 236 Å². The molecule has 1 aliphatic heterocycles. The number of hydrogen-bond donors (Lipinski definition) is 5. The molecular formula is C32H41N3O5. The van der Waals surface area contributed by atoms with Gasteiger partial charge in [0.1, 0.15) is 0 Å². The molecule has 3 aromatic rings. The number of amides is 1. The number of para-hydroxylation sites is 1. The molecule has 8 heteroatoms. The van der Waals surface area contributed by atoms with Crippen molar-refractivity contribution in [3.63, 3.8) is 0 Å². The van der Waals surface area contributed by atoms with E-state index in [1.807, 2.05) is 6.07 Å². The standard InChI is InChI=1S/C28H30N2O3.C4H11NO2/c1-20-9-13-22(14-10-20)27(24-7-3-4-8-25(24)30-17-5-2-6-18-30)29-26(31)19-21-11-15-23(16-12-21)28(32)33;6-3-1-5-2-4-7/h3-4,7-16,27H,2,5-6,17-19H2,1H3,(H,29,31)(H,32,33);5-7H,1-4H2. The molecule has 0 spiro atoms. The van der Waals surface area contributed by atoms with Crippen LogP contribution in [0.2, 0.25) is 0 Å². The molecule has 0 saturated carbocycles. The number of aryl methyl sites for hydroxylation is 1. The van der Waals surface area contributed by atoms with Crippen LogP contribution < -0.4 is 15.5 Å². The van der Waals surface area contributed by atoms with Gasteiger partial charge in [0, 0.05) is 37.4 Å². The molecule has 0 aliphatic carbocycles. The fourth-order valence-corrected chi connectivity index (χ4v) is 4.70. The van der Waals surface area contributed by atoms with E-state index >= 15 is 0 Å². The lowest BCUT2D eigenvalue weighted by atomic mass is 9.94. The number of carbonyl (C=O) groups is 2. The van der Waals surface area contributed by atoms with E-state index in [2.05, 4.69) is 64.9 Å². The number of carboxylic acids is 1. The van der Waals surface area contributed by atoms with E-state index in [1.54, 1.807) is 12.1 Å². The Hall–Kier alpha value is -3.72. The molecule has 1 aliphatic rings. The number of piperidine rings is 1. The maximum atomic E-state index is 13.1. The second-order valence-corrected chi connectivity index (χ2v) is 9.89. The van der Waals surface area contributed by atoms with Gasteiger partial charge in [-0.1, -0.05) is 60.2 Å². The molecule has 0 bridgehead atoms. The fraction of sp³-hybridized carbons (Fsp3) is 0.375. The number of nitrogens with zero attached hydrogens (tertiary/aromatic N) is 1. The van der Waals surface area contributed by atoms with E-state index in [-0.39, 0.29) is 37.1 Å². The highest BCUT2D eigenvalue weighted by Crippen LogP contribution is 2.32. The minimum Gasteiger partial charge on any atom is -0.478 e. The Bertz CT molecular complexity index is 1190. The zero-order valence-corrected chi connectivity index (χ0v) is 23.2. The smallest absolute Gasteiger partial charge is 0.335 e. The van der Waals surface area contributed by atoms with Crippen molar-refractivity contribution in [3.05, 3.63) is 101 Å². The third-order valence-electron chi connectivity index (χ3n) is 6.80. The zero-order valence-electron chi connectivity index (χ0n) is 23.2. The third-order valence-corrected chi connectivity index (χ3v) is 6.80. The second kappa shape index (κ2) is 16.4. The first kappa shape index (κ1) is 30.8. The number of aliphatic hydroxyl groups excluding tert-OH is 2. The molecule has 1 amide bonds. The molecular weight excluding hydrogens is 506 g/mol. The van der Waals surface area contributed by atoms with Crippen LogP contribution in [0.15, 0.2) is 72.8 Å². The highest BCUT2D eigenvalue weighted by Gasteiger charge is 2.23. The summed E-state index contributed by atoms with van der Waals surface area (Å²) in [5.74, 6) is -1.07. The van der Waals surface area contributed by atoms with Crippen LogP contribution in [-0.4, -0.2) is 66.6 Å². The van der Waals surface area contributed by atoms with Crippen LogP contribution in [0.3, 0.4) is 0 Å². The average Bonchev–Trinajstić information content (AvgIpc) is 2.98. The normalized spacial score (nSPS) is 13.6. The maximum Gasteiger partial charge on any atom is 0.335 e. The zero-order chi connectivity index (χ0) is 28.7. The minimum absolute atomic E-state index is 0.0999. The molecule has 1 heterocycles.